The second-order valence-corrected chi connectivity index (χ2v) is 10.2. The van der Waals surface area contributed by atoms with Gasteiger partial charge < -0.3 is 24.7 Å². The molecule has 1 unspecified atom stereocenters. The molecule has 6 rings (SSSR count). The summed E-state index contributed by atoms with van der Waals surface area (Å²) in [4.78, 5) is 19.0. The minimum Gasteiger partial charge on any atom is -0.497 e. The summed E-state index contributed by atoms with van der Waals surface area (Å²) in [6, 6.07) is 19.7. The summed E-state index contributed by atoms with van der Waals surface area (Å²) < 4.78 is 11.2. The molecular weight excluding hydrogens is 494 g/mol. The molecule has 0 amide bonds. The van der Waals surface area contributed by atoms with Crippen LogP contribution in [0.3, 0.4) is 0 Å². The van der Waals surface area contributed by atoms with Crippen molar-refractivity contribution in [3.8, 4) is 11.5 Å². The number of ether oxygens (including phenoxy) is 2. The van der Waals surface area contributed by atoms with E-state index in [9.17, 15) is 10.1 Å². The summed E-state index contributed by atoms with van der Waals surface area (Å²) in [5, 5.41) is 15.9. The average Bonchev–Trinajstić information content (AvgIpc) is 3.35. The fourth-order valence-corrected chi connectivity index (χ4v) is 5.91. The Morgan fingerprint density at radius 1 is 0.974 bits per heavy atom. The van der Waals surface area contributed by atoms with Crippen LogP contribution in [0.25, 0.3) is 10.9 Å². The lowest BCUT2D eigenvalue weighted by Gasteiger charge is -2.36. The van der Waals surface area contributed by atoms with Gasteiger partial charge in [0.1, 0.15) is 11.5 Å². The van der Waals surface area contributed by atoms with Gasteiger partial charge in [-0.15, -0.1) is 0 Å². The first-order chi connectivity index (χ1) is 19.0. The van der Waals surface area contributed by atoms with Gasteiger partial charge in [-0.2, -0.15) is 0 Å². The minimum absolute atomic E-state index is 0.0794. The van der Waals surface area contributed by atoms with Crippen LogP contribution in [0.15, 0.2) is 60.7 Å². The maximum Gasteiger partial charge on any atom is 0.269 e. The standard InChI is InChI=1S/C30H33N5O4/c1-38-24-8-9-27-26(18-24)25-11-12-31-29(30(25)32-27)20-3-10-28(39-2)21(17-20)19-33-13-15-34(16-14-33)22-4-6-23(7-5-22)35(36)37/h3-10,17-18,29,31-32H,11-16,19H2,1-2H3. The van der Waals surface area contributed by atoms with Crippen LogP contribution in [-0.4, -0.2) is 61.8 Å². The number of piperazine rings is 1. The van der Waals surface area contributed by atoms with E-state index in [1.807, 2.05) is 18.2 Å². The van der Waals surface area contributed by atoms with E-state index in [2.05, 4.69) is 50.4 Å². The summed E-state index contributed by atoms with van der Waals surface area (Å²) >= 11 is 0. The maximum atomic E-state index is 11.0. The lowest BCUT2D eigenvalue weighted by molar-refractivity contribution is -0.384. The lowest BCUT2D eigenvalue weighted by atomic mass is 9.93. The summed E-state index contributed by atoms with van der Waals surface area (Å²) in [6.07, 6.45) is 0.973. The molecule has 2 aliphatic rings. The molecule has 3 aromatic carbocycles. The van der Waals surface area contributed by atoms with Gasteiger partial charge in [-0.3, -0.25) is 15.0 Å². The highest BCUT2D eigenvalue weighted by Crippen LogP contribution is 2.36. The molecule has 3 heterocycles. The predicted octanol–water partition coefficient (Wildman–Crippen LogP) is 4.65. The Kier molecular flexibility index (Phi) is 6.85. The van der Waals surface area contributed by atoms with Gasteiger partial charge in [-0.1, -0.05) is 6.07 Å². The molecule has 0 aliphatic carbocycles. The number of nitro groups is 1. The molecule has 1 fully saturated rings. The quantitative estimate of drug-likeness (QED) is 0.267. The van der Waals surface area contributed by atoms with Crippen LogP contribution >= 0.6 is 0 Å². The van der Waals surface area contributed by atoms with Crippen LogP contribution in [-0.2, 0) is 13.0 Å². The Bertz CT molecular complexity index is 1490. The number of benzene rings is 3. The number of nitrogens with one attached hydrogen (secondary N) is 2. The Balaban J connectivity index is 1.20. The molecule has 9 nitrogen and oxygen atoms in total. The van der Waals surface area contributed by atoms with Gasteiger partial charge in [0, 0.05) is 79.2 Å². The van der Waals surface area contributed by atoms with Crippen LogP contribution in [0.4, 0.5) is 11.4 Å². The third kappa shape index (κ3) is 4.91. The minimum atomic E-state index is -0.359. The van der Waals surface area contributed by atoms with E-state index >= 15 is 0 Å². The highest BCUT2D eigenvalue weighted by atomic mass is 16.6. The average molecular weight is 528 g/mol. The van der Waals surface area contributed by atoms with Gasteiger partial charge >= 0.3 is 0 Å². The molecule has 39 heavy (non-hydrogen) atoms. The van der Waals surface area contributed by atoms with E-state index in [1.165, 1.54) is 27.8 Å². The number of nitro benzene ring substituents is 1. The Labute approximate surface area is 227 Å². The summed E-state index contributed by atoms with van der Waals surface area (Å²) in [6.45, 7) is 5.25. The first-order valence-electron chi connectivity index (χ1n) is 13.3. The van der Waals surface area contributed by atoms with Crippen molar-refractivity contribution in [2.24, 2.45) is 0 Å². The normalized spacial score (nSPS) is 17.7. The zero-order chi connectivity index (χ0) is 26.9. The number of H-pyrrole nitrogens is 1. The Hall–Kier alpha value is -4.08. The van der Waals surface area contributed by atoms with Crippen molar-refractivity contribution in [1.29, 1.82) is 0 Å². The molecule has 4 aromatic rings. The van der Waals surface area contributed by atoms with Gasteiger partial charge in [0.05, 0.1) is 25.2 Å². The van der Waals surface area contributed by atoms with E-state index in [0.29, 0.717) is 0 Å². The zero-order valence-corrected chi connectivity index (χ0v) is 22.3. The van der Waals surface area contributed by atoms with Gasteiger partial charge in [0.15, 0.2) is 0 Å². The molecule has 0 saturated carbocycles. The number of fused-ring (bicyclic) bond motifs is 3. The van der Waals surface area contributed by atoms with E-state index < -0.39 is 0 Å². The van der Waals surface area contributed by atoms with Gasteiger partial charge in [0.25, 0.3) is 5.69 Å². The molecule has 2 aliphatic heterocycles. The molecule has 1 atom stereocenters. The topological polar surface area (TPSA) is 95.9 Å². The molecule has 0 bridgehead atoms. The van der Waals surface area contributed by atoms with Crippen LogP contribution in [0.2, 0.25) is 0 Å². The molecule has 1 saturated heterocycles. The zero-order valence-electron chi connectivity index (χ0n) is 22.3. The molecular formula is C30H33N5O4. The van der Waals surface area contributed by atoms with Crippen molar-refractivity contribution >= 4 is 22.3 Å². The number of hydrogen-bond donors (Lipinski definition) is 2. The summed E-state index contributed by atoms with van der Waals surface area (Å²) in [5.74, 6) is 1.77. The molecule has 202 valence electrons. The number of non-ortho nitro benzene ring substituents is 1. The monoisotopic (exact) mass is 527 g/mol. The van der Waals surface area contributed by atoms with Gasteiger partial charge in [-0.25, -0.2) is 0 Å². The van der Waals surface area contributed by atoms with Gasteiger partial charge in [0.2, 0.25) is 0 Å². The smallest absolute Gasteiger partial charge is 0.269 e. The number of anilines is 1. The molecule has 2 N–H and O–H groups in total. The fraction of sp³-hybridized carbons (Fsp3) is 0.333. The van der Waals surface area contributed by atoms with Crippen molar-refractivity contribution in [3.05, 3.63) is 93.2 Å². The number of methoxy groups -OCH3 is 2. The fourth-order valence-electron chi connectivity index (χ4n) is 5.91. The lowest BCUT2D eigenvalue weighted by Crippen LogP contribution is -2.46. The summed E-state index contributed by atoms with van der Waals surface area (Å²) in [7, 11) is 3.44. The van der Waals surface area contributed by atoms with Crippen LogP contribution in [0.5, 0.6) is 11.5 Å². The van der Waals surface area contributed by atoms with Crippen molar-refractivity contribution in [2.45, 2.75) is 19.0 Å². The van der Waals surface area contributed by atoms with E-state index in [0.717, 1.165) is 68.4 Å². The Morgan fingerprint density at radius 3 is 2.49 bits per heavy atom. The third-order valence-corrected chi connectivity index (χ3v) is 7.99. The van der Waals surface area contributed by atoms with Crippen molar-refractivity contribution in [3.63, 3.8) is 0 Å². The van der Waals surface area contributed by atoms with Crippen LogP contribution in [0.1, 0.15) is 28.4 Å². The van der Waals surface area contributed by atoms with Gasteiger partial charge in [-0.05, 0) is 60.0 Å². The number of rotatable bonds is 7. The highest BCUT2D eigenvalue weighted by Gasteiger charge is 2.27. The predicted molar refractivity (Wildman–Crippen MR) is 152 cm³/mol. The molecule has 0 spiro atoms. The second kappa shape index (κ2) is 10.6. The van der Waals surface area contributed by atoms with Crippen LogP contribution in [0, 0.1) is 10.1 Å². The first-order valence-corrected chi connectivity index (χ1v) is 13.3. The van der Waals surface area contributed by atoms with E-state index in [-0.39, 0.29) is 16.7 Å². The number of aromatic nitrogens is 1. The molecule has 1 aromatic heterocycles. The SMILES string of the molecule is COc1ccc2[nH]c3c(c2c1)CCNC3c1ccc(OC)c(CN2CCN(c3ccc([N+](=O)[O-])cc3)CC2)c1. The van der Waals surface area contributed by atoms with Crippen molar-refractivity contribution in [2.75, 3.05) is 51.8 Å². The molecule has 0 radical (unpaired) electrons. The number of nitrogens with zero attached hydrogens (tertiary/aromatic N) is 3. The highest BCUT2D eigenvalue weighted by molar-refractivity contribution is 5.86. The number of aromatic amines is 1. The first kappa shape index (κ1) is 25.2. The van der Waals surface area contributed by atoms with E-state index in [4.69, 9.17) is 9.47 Å². The summed E-state index contributed by atoms with van der Waals surface area (Å²) in [5.41, 5.74) is 7.24. The van der Waals surface area contributed by atoms with E-state index in [1.54, 1.807) is 26.4 Å². The van der Waals surface area contributed by atoms with Crippen LogP contribution < -0.4 is 19.7 Å². The van der Waals surface area contributed by atoms with Crippen molar-refractivity contribution < 1.29 is 14.4 Å². The maximum absolute atomic E-state index is 11.0. The largest absolute Gasteiger partial charge is 0.497 e. The third-order valence-electron chi connectivity index (χ3n) is 7.99. The number of hydrogen-bond acceptors (Lipinski definition) is 7. The molecule has 9 heteroatoms. The Morgan fingerprint density at radius 2 is 1.77 bits per heavy atom. The van der Waals surface area contributed by atoms with Crippen molar-refractivity contribution in [1.82, 2.24) is 15.2 Å². The second-order valence-electron chi connectivity index (χ2n) is 10.2.